The van der Waals surface area contributed by atoms with Crippen molar-refractivity contribution in [1.29, 1.82) is 0 Å². The van der Waals surface area contributed by atoms with Crippen molar-refractivity contribution in [3.63, 3.8) is 0 Å². The molecule has 0 spiro atoms. The number of primary amides is 1. The van der Waals surface area contributed by atoms with Crippen LogP contribution in [0.4, 0.5) is 0 Å². The maximum absolute atomic E-state index is 12.4. The number of carbonyl (C=O) groups excluding carboxylic acids is 4. The average molecular weight is 337 g/mol. The van der Waals surface area contributed by atoms with Gasteiger partial charge in [-0.1, -0.05) is 20.3 Å². The van der Waals surface area contributed by atoms with Crippen molar-refractivity contribution in [2.45, 2.75) is 64.5 Å². The molecule has 0 saturated carbocycles. The highest BCUT2D eigenvalue weighted by Crippen LogP contribution is 2.31. The third-order valence-electron chi connectivity index (χ3n) is 5.08. The molecule has 2 saturated heterocycles. The van der Waals surface area contributed by atoms with E-state index in [1.54, 1.807) is 16.7 Å². The summed E-state index contributed by atoms with van der Waals surface area (Å²) in [5, 5.41) is 0. The molecule has 0 aromatic heterocycles. The van der Waals surface area contributed by atoms with Gasteiger partial charge in [-0.3, -0.25) is 19.2 Å². The van der Waals surface area contributed by atoms with Gasteiger partial charge in [0.1, 0.15) is 6.04 Å². The van der Waals surface area contributed by atoms with Gasteiger partial charge in [-0.2, -0.15) is 0 Å². The van der Waals surface area contributed by atoms with Crippen LogP contribution in [0, 0.1) is 5.92 Å². The number of unbranched alkanes of at least 4 members (excludes halogenated alkanes) is 1. The molecule has 2 N–H and O–H groups in total. The van der Waals surface area contributed by atoms with Gasteiger partial charge in [0.25, 0.3) is 0 Å². The van der Waals surface area contributed by atoms with Gasteiger partial charge in [-0.25, -0.2) is 0 Å². The van der Waals surface area contributed by atoms with Crippen LogP contribution in [0.3, 0.4) is 0 Å². The van der Waals surface area contributed by atoms with Crippen LogP contribution in [-0.4, -0.2) is 58.5 Å². The van der Waals surface area contributed by atoms with E-state index in [2.05, 4.69) is 0 Å². The van der Waals surface area contributed by atoms with Gasteiger partial charge in [-0.15, -0.1) is 0 Å². The topological polar surface area (TPSA) is 101 Å². The fourth-order valence-electron chi connectivity index (χ4n) is 3.52. The number of nitrogens with zero attached hydrogens (tertiary/aromatic N) is 2. The lowest BCUT2D eigenvalue weighted by Gasteiger charge is -2.24. The normalized spacial score (nSPS) is 24.2. The van der Waals surface area contributed by atoms with Crippen LogP contribution in [0.25, 0.3) is 0 Å². The van der Waals surface area contributed by atoms with Crippen LogP contribution >= 0.6 is 0 Å². The van der Waals surface area contributed by atoms with Gasteiger partial charge in [0.05, 0.1) is 12.6 Å². The Hall–Kier alpha value is -1.92. The third-order valence-corrected chi connectivity index (χ3v) is 5.08. The van der Waals surface area contributed by atoms with Crippen molar-refractivity contribution in [3.8, 4) is 0 Å². The van der Waals surface area contributed by atoms with E-state index >= 15 is 0 Å². The molecule has 0 aliphatic carbocycles. The second-order valence-electron chi connectivity index (χ2n) is 6.82. The molecule has 2 aliphatic heterocycles. The SMILES string of the molecule is CCCCC(=O)N1CC(=O)C2C1CCN2C(=O)CCC(C)C(N)=O. The van der Waals surface area contributed by atoms with E-state index < -0.39 is 11.9 Å². The first-order valence-electron chi connectivity index (χ1n) is 8.77. The second-order valence-corrected chi connectivity index (χ2v) is 6.82. The van der Waals surface area contributed by atoms with Crippen LogP contribution in [0.1, 0.15) is 52.4 Å². The number of fused-ring (bicyclic) bond motifs is 1. The molecule has 2 rings (SSSR count). The number of Topliss-reactive ketones (excluding diaryl/α,β-unsaturated/α-hetero) is 1. The lowest BCUT2D eigenvalue weighted by Crippen LogP contribution is -2.43. The van der Waals surface area contributed by atoms with Crippen LogP contribution in [-0.2, 0) is 19.2 Å². The Balaban J connectivity index is 1.97. The lowest BCUT2D eigenvalue weighted by atomic mass is 10.0. The van der Waals surface area contributed by atoms with Crippen molar-refractivity contribution in [2.24, 2.45) is 11.7 Å². The van der Waals surface area contributed by atoms with Crippen LogP contribution < -0.4 is 5.73 Å². The van der Waals surface area contributed by atoms with Crippen molar-refractivity contribution in [1.82, 2.24) is 9.80 Å². The summed E-state index contributed by atoms with van der Waals surface area (Å²) in [5.74, 6) is -0.967. The van der Waals surface area contributed by atoms with Crippen molar-refractivity contribution in [3.05, 3.63) is 0 Å². The average Bonchev–Trinajstić information content (AvgIpc) is 3.11. The van der Waals surface area contributed by atoms with E-state index in [0.29, 0.717) is 25.8 Å². The number of carbonyl (C=O) groups is 4. The minimum absolute atomic E-state index is 0.00866. The molecular formula is C17H27N3O4. The highest BCUT2D eigenvalue weighted by molar-refractivity contribution is 5.97. The van der Waals surface area contributed by atoms with E-state index in [1.807, 2.05) is 6.92 Å². The number of hydrogen-bond acceptors (Lipinski definition) is 4. The predicted octanol–water partition coefficient (Wildman–Crippen LogP) is 0.459. The highest BCUT2D eigenvalue weighted by atomic mass is 16.2. The van der Waals surface area contributed by atoms with E-state index in [1.165, 1.54) is 0 Å². The minimum Gasteiger partial charge on any atom is -0.369 e. The molecule has 7 heteroatoms. The Morgan fingerprint density at radius 1 is 1.21 bits per heavy atom. The largest absolute Gasteiger partial charge is 0.369 e. The molecule has 3 unspecified atom stereocenters. The fraction of sp³-hybridized carbons (Fsp3) is 0.765. The molecule has 3 atom stereocenters. The van der Waals surface area contributed by atoms with Crippen LogP contribution in [0.5, 0.6) is 0 Å². The van der Waals surface area contributed by atoms with Gasteiger partial charge in [0, 0.05) is 25.3 Å². The summed E-state index contributed by atoms with van der Waals surface area (Å²) in [6, 6.07) is -0.689. The Kier molecular flexibility index (Phi) is 5.96. The molecule has 24 heavy (non-hydrogen) atoms. The van der Waals surface area contributed by atoms with E-state index in [0.717, 1.165) is 12.8 Å². The number of rotatable bonds is 7. The minimum atomic E-state index is -0.507. The zero-order chi connectivity index (χ0) is 17.9. The quantitative estimate of drug-likeness (QED) is 0.729. The molecule has 0 radical (unpaired) electrons. The summed E-state index contributed by atoms with van der Waals surface area (Å²) in [7, 11) is 0. The van der Waals surface area contributed by atoms with Crippen molar-refractivity contribution >= 4 is 23.5 Å². The smallest absolute Gasteiger partial charge is 0.223 e. The summed E-state index contributed by atoms with van der Waals surface area (Å²) >= 11 is 0. The van der Waals surface area contributed by atoms with Crippen molar-refractivity contribution in [2.75, 3.05) is 13.1 Å². The number of ketones is 1. The zero-order valence-corrected chi connectivity index (χ0v) is 14.5. The summed E-state index contributed by atoms with van der Waals surface area (Å²) < 4.78 is 0. The molecule has 0 bridgehead atoms. The molecule has 2 fully saturated rings. The first-order chi connectivity index (χ1) is 11.4. The van der Waals surface area contributed by atoms with Crippen LogP contribution in [0.2, 0.25) is 0 Å². The maximum Gasteiger partial charge on any atom is 0.223 e. The Bertz CT molecular complexity index is 534. The summed E-state index contributed by atoms with van der Waals surface area (Å²) in [6.45, 7) is 4.31. The standard InChI is InChI=1S/C17H27N3O4/c1-3-4-5-14(22)20-10-13(21)16-12(20)8-9-19(16)15(23)7-6-11(2)17(18)24/h11-12,16H,3-10H2,1-2H3,(H2,18,24). The predicted molar refractivity (Wildman–Crippen MR) is 87.7 cm³/mol. The molecule has 0 aromatic rings. The molecule has 7 nitrogen and oxygen atoms in total. The van der Waals surface area contributed by atoms with Gasteiger partial charge in [0.2, 0.25) is 17.7 Å². The Morgan fingerprint density at radius 2 is 1.88 bits per heavy atom. The highest BCUT2D eigenvalue weighted by Gasteiger charge is 2.50. The van der Waals surface area contributed by atoms with Crippen molar-refractivity contribution < 1.29 is 19.2 Å². The van der Waals surface area contributed by atoms with Gasteiger partial charge in [0.15, 0.2) is 5.78 Å². The van der Waals surface area contributed by atoms with E-state index in [-0.39, 0.29) is 42.5 Å². The number of hydrogen-bond donors (Lipinski definition) is 1. The Morgan fingerprint density at radius 3 is 2.50 bits per heavy atom. The summed E-state index contributed by atoms with van der Waals surface area (Å²) in [4.78, 5) is 51.4. The molecule has 2 heterocycles. The number of nitrogens with two attached hydrogens (primary N) is 1. The first kappa shape index (κ1) is 18.4. The molecule has 2 aliphatic rings. The lowest BCUT2D eigenvalue weighted by molar-refractivity contribution is -0.136. The monoisotopic (exact) mass is 337 g/mol. The van der Waals surface area contributed by atoms with Gasteiger partial charge >= 0.3 is 0 Å². The maximum atomic E-state index is 12.4. The Labute approximate surface area is 142 Å². The molecule has 0 aromatic carbocycles. The first-order valence-corrected chi connectivity index (χ1v) is 8.77. The summed E-state index contributed by atoms with van der Waals surface area (Å²) in [6.07, 6.45) is 3.43. The van der Waals surface area contributed by atoms with Gasteiger partial charge in [-0.05, 0) is 19.3 Å². The second kappa shape index (κ2) is 7.77. The van der Waals surface area contributed by atoms with Gasteiger partial charge < -0.3 is 15.5 Å². The molecule has 134 valence electrons. The number of likely N-dealkylation sites (tertiary alicyclic amines) is 2. The van der Waals surface area contributed by atoms with Crippen LogP contribution in [0.15, 0.2) is 0 Å². The van der Waals surface area contributed by atoms with E-state index in [9.17, 15) is 19.2 Å². The zero-order valence-electron chi connectivity index (χ0n) is 14.5. The molecular weight excluding hydrogens is 310 g/mol. The number of amides is 3. The summed E-state index contributed by atoms with van der Waals surface area (Å²) in [5.41, 5.74) is 5.21. The van der Waals surface area contributed by atoms with E-state index in [4.69, 9.17) is 5.73 Å². The third kappa shape index (κ3) is 3.76. The molecule has 3 amide bonds. The fourth-order valence-corrected chi connectivity index (χ4v) is 3.52.